The highest BCUT2D eigenvalue weighted by atomic mass is 16.5. The number of hydrogen-bond acceptors (Lipinski definition) is 4. The van der Waals surface area contributed by atoms with Gasteiger partial charge < -0.3 is 19.7 Å². The molecule has 2 N–H and O–H groups in total. The van der Waals surface area contributed by atoms with E-state index in [1.54, 1.807) is 18.2 Å². The summed E-state index contributed by atoms with van der Waals surface area (Å²) < 4.78 is 10.4. The third kappa shape index (κ3) is 2.11. The average molecular weight is 208 g/mol. The van der Waals surface area contributed by atoms with Crippen molar-refractivity contribution < 1.29 is 19.7 Å². The van der Waals surface area contributed by atoms with Crippen molar-refractivity contribution in [2.75, 3.05) is 6.61 Å². The van der Waals surface area contributed by atoms with Crippen LogP contribution in [0.25, 0.3) is 0 Å². The van der Waals surface area contributed by atoms with Crippen molar-refractivity contribution in [2.45, 2.75) is 12.5 Å². The third-order valence-corrected chi connectivity index (χ3v) is 2.20. The van der Waals surface area contributed by atoms with Gasteiger partial charge in [0.2, 0.25) is 0 Å². The first-order valence-electron chi connectivity index (χ1n) is 4.72. The summed E-state index contributed by atoms with van der Waals surface area (Å²) in [4.78, 5) is 0. The van der Waals surface area contributed by atoms with Crippen molar-refractivity contribution in [3.05, 3.63) is 36.3 Å². The minimum absolute atomic E-state index is 0.0461. The van der Waals surface area contributed by atoms with Crippen molar-refractivity contribution in [3.8, 4) is 11.5 Å². The molecule has 0 fully saturated rings. The van der Waals surface area contributed by atoms with Gasteiger partial charge in [-0.15, -0.1) is 0 Å². The maximum absolute atomic E-state index is 9.65. The summed E-state index contributed by atoms with van der Waals surface area (Å²) in [5.74, 6) is 1.20. The predicted octanol–water partition coefficient (Wildman–Crippen LogP) is 1.34. The summed E-state index contributed by atoms with van der Waals surface area (Å²) in [6, 6.07) is 5.19. The molecule has 1 aliphatic rings. The Balaban J connectivity index is 2.22. The van der Waals surface area contributed by atoms with E-state index >= 15 is 0 Å². The molecule has 1 aromatic rings. The van der Waals surface area contributed by atoms with Crippen LogP contribution in [0.2, 0.25) is 0 Å². The SMILES string of the molecule is OCC[C@H](O)c1ccc2c(c1)OC=CO2. The number of benzene rings is 1. The van der Waals surface area contributed by atoms with Crippen molar-refractivity contribution in [1.82, 2.24) is 0 Å². The standard InChI is InChI=1S/C11H12O4/c12-4-3-9(13)8-1-2-10-11(7-8)15-6-5-14-10/h1-2,5-7,9,12-13H,3-4H2/t9-/m0/s1. The van der Waals surface area contributed by atoms with Crippen molar-refractivity contribution in [2.24, 2.45) is 0 Å². The number of fused-ring (bicyclic) bond motifs is 1. The van der Waals surface area contributed by atoms with Gasteiger partial charge in [-0.1, -0.05) is 6.07 Å². The van der Waals surface area contributed by atoms with E-state index in [4.69, 9.17) is 14.6 Å². The molecule has 0 saturated heterocycles. The van der Waals surface area contributed by atoms with Gasteiger partial charge in [-0.3, -0.25) is 0 Å². The topological polar surface area (TPSA) is 58.9 Å². The molecule has 15 heavy (non-hydrogen) atoms. The summed E-state index contributed by atoms with van der Waals surface area (Å²) in [7, 11) is 0. The van der Waals surface area contributed by atoms with Crippen LogP contribution in [-0.4, -0.2) is 16.8 Å². The Hall–Kier alpha value is -1.52. The molecule has 1 heterocycles. The quantitative estimate of drug-likeness (QED) is 0.787. The van der Waals surface area contributed by atoms with E-state index in [0.29, 0.717) is 23.5 Å². The lowest BCUT2D eigenvalue weighted by Crippen LogP contribution is -2.02. The van der Waals surface area contributed by atoms with Gasteiger partial charge in [-0.05, 0) is 17.7 Å². The number of rotatable bonds is 3. The molecule has 0 aromatic heterocycles. The fourth-order valence-electron chi connectivity index (χ4n) is 1.41. The lowest BCUT2D eigenvalue weighted by atomic mass is 10.1. The minimum Gasteiger partial charge on any atom is -0.458 e. The monoisotopic (exact) mass is 208 g/mol. The van der Waals surface area contributed by atoms with Gasteiger partial charge in [-0.2, -0.15) is 0 Å². The normalized spacial score (nSPS) is 15.1. The summed E-state index contributed by atoms with van der Waals surface area (Å²) in [5.41, 5.74) is 0.710. The Labute approximate surface area is 87.4 Å². The van der Waals surface area contributed by atoms with Crippen molar-refractivity contribution in [1.29, 1.82) is 0 Å². The van der Waals surface area contributed by atoms with Crippen LogP contribution in [0.4, 0.5) is 0 Å². The molecule has 0 aliphatic carbocycles. The van der Waals surface area contributed by atoms with Gasteiger partial charge in [0.25, 0.3) is 0 Å². The van der Waals surface area contributed by atoms with E-state index < -0.39 is 6.10 Å². The van der Waals surface area contributed by atoms with E-state index in [1.165, 1.54) is 12.5 Å². The Kier molecular flexibility index (Phi) is 2.89. The van der Waals surface area contributed by atoms with E-state index in [0.717, 1.165) is 0 Å². The maximum atomic E-state index is 9.65. The number of aliphatic hydroxyl groups excluding tert-OH is 2. The molecule has 0 radical (unpaired) electrons. The largest absolute Gasteiger partial charge is 0.458 e. The van der Waals surface area contributed by atoms with Crippen molar-refractivity contribution in [3.63, 3.8) is 0 Å². The molecule has 2 rings (SSSR count). The number of ether oxygens (including phenoxy) is 2. The first kappa shape index (κ1) is 10.0. The summed E-state index contributed by atoms with van der Waals surface area (Å²) in [6.45, 7) is -0.0461. The molecule has 0 spiro atoms. The highest BCUT2D eigenvalue weighted by Gasteiger charge is 2.13. The molecular formula is C11H12O4. The van der Waals surface area contributed by atoms with E-state index in [2.05, 4.69) is 0 Å². The van der Waals surface area contributed by atoms with Crippen LogP contribution in [0.3, 0.4) is 0 Å². The molecule has 4 nitrogen and oxygen atoms in total. The Morgan fingerprint density at radius 2 is 1.87 bits per heavy atom. The second-order valence-electron chi connectivity index (χ2n) is 3.24. The molecule has 0 unspecified atom stereocenters. The molecule has 1 aliphatic heterocycles. The van der Waals surface area contributed by atoms with Gasteiger partial charge in [-0.25, -0.2) is 0 Å². The second kappa shape index (κ2) is 4.33. The third-order valence-electron chi connectivity index (χ3n) is 2.20. The summed E-state index contributed by atoms with van der Waals surface area (Å²) >= 11 is 0. The molecule has 1 atom stereocenters. The van der Waals surface area contributed by atoms with E-state index in [1.807, 2.05) is 0 Å². The Morgan fingerprint density at radius 3 is 2.60 bits per heavy atom. The molecule has 0 saturated carbocycles. The van der Waals surface area contributed by atoms with Crippen LogP contribution < -0.4 is 9.47 Å². The molecule has 80 valence electrons. The predicted molar refractivity (Wildman–Crippen MR) is 53.5 cm³/mol. The number of hydrogen-bond donors (Lipinski definition) is 2. The van der Waals surface area contributed by atoms with Gasteiger partial charge in [0.1, 0.15) is 12.5 Å². The Bertz CT molecular complexity index is 373. The van der Waals surface area contributed by atoms with Crippen LogP contribution in [-0.2, 0) is 0 Å². The maximum Gasteiger partial charge on any atom is 0.169 e. The van der Waals surface area contributed by atoms with Crippen molar-refractivity contribution >= 4 is 0 Å². The Morgan fingerprint density at radius 1 is 1.13 bits per heavy atom. The lowest BCUT2D eigenvalue weighted by molar-refractivity contribution is 0.134. The van der Waals surface area contributed by atoms with Gasteiger partial charge in [0.05, 0.1) is 6.10 Å². The molecule has 4 heteroatoms. The van der Waals surface area contributed by atoms with Crippen LogP contribution in [0, 0.1) is 0 Å². The van der Waals surface area contributed by atoms with Crippen LogP contribution >= 0.6 is 0 Å². The zero-order chi connectivity index (χ0) is 10.7. The first-order valence-corrected chi connectivity index (χ1v) is 4.72. The molecular weight excluding hydrogens is 196 g/mol. The van der Waals surface area contributed by atoms with Gasteiger partial charge in [0, 0.05) is 13.0 Å². The fraction of sp³-hybridized carbons (Fsp3) is 0.273. The highest BCUT2D eigenvalue weighted by molar-refractivity contribution is 5.45. The second-order valence-corrected chi connectivity index (χ2v) is 3.24. The van der Waals surface area contributed by atoms with Crippen LogP contribution in [0.5, 0.6) is 11.5 Å². The van der Waals surface area contributed by atoms with Gasteiger partial charge >= 0.3 is 0 Å². The average Bonchev–Trinajstić information content (AvgIpc) is 2.29. The summed E-state index contributed by atoms with van der Waals surface area (Å²) in [5, 5.41) is 18.4. The zero-order valence-corrected chi connectivity index (χ0v) is 8.09. The minimum atomic E-state index is -0.671. The zero-order valence-electron chi connectivity index (χ0n) is 8.09. The smallest absolute Gasteiger partial charge is 0.169 e. The van der Waals surface area contributed by atoms with Crippen LogP contribution in [0.1, 0.15) is 18.1 Å². The fourth-order valence-corrected chi connectivity index (χ4v) is 1.41. The first-order chi connectivity index (χ1) is 7.31. The van der Waals surface area contributed by atoms with Crippen LogP contribution in [0.15, 0.2) is 30.7 Å². The summed E-state index contributed by atoms with van der Waals surface area (Å²) in [6.07, 6.45) is 2.53. The van der Waals surface area contributed by atoms with E-state index in [-0.39, 0.29) is 6.61 Å². The molecule has 0 bridgehead atoms. The van der Waals surface area contributed by atoms with E-state index in [9.17, 15) is 5.11 Å². The highest BCUT2D eigenvalue weighted by Crippen LogP contribution is 2.33. The lowest BCUT2D eigenvalue weighted by Gasteiger charge is -2.15. The van der Waals surface area contributed by atoms with Gasteiger partial charge in [0.15, 0.2) is 11.5 Å². The molecule has 1 aromatic carbocycles. The number of aliphatic hydroxyl groups is 2. The molecule has 0 amide bonds.